The fraction of sp³-hybridized carbons (Fsp3) is 1.00. The molecule has 0 aromatic carbocycles. The third-order valence-corrected chi connectivity index (χ3v) is 2.38. The molecule has 0 aromatic heterocycles. The van der Waals surface area contributed by atoms with Crippen molar-refractivity contribution >= 4 is 0 Å². The van der Waals surface area contributed by atoms with Crippen LogP contribution < -0.4 is 5.32 Å². The molecule has 1 unspecified atom stereocenters. The second-order valence-corrected chi connectivity index (χ2v) is 3.39. The highest BCUT2D eigenvalue weighted by atomic mass is 16.7. The first-order valence-corrected chi connectivity index (χ1v) is 5.32. The van der Waals surface area contributed by atoms with Crippen LogP contribution in [0.2, 0.25) is 0 Å². The lowest BCUT2D eigenvalue weighted by Crippen LogP contribution is -2.39. The molecule has 13 heavy (non-hydrogen) atoms. The molecule has 3 nitrogen and oxygen atoms in total. The van der Waals surface area contributed by atoms with E-state index in [0.717, 1.165) is 26.3 Å². The van der Waals surface area contributed by atoms with E-state index in [4.69, 9.17) is 9.47 Å². The second-order valence-electron chi connectivity index (χ2n) is 3.39. The molecule has 0 aromatic rings. The highest BCUT2D eigenvalue weighted by Gasteiger charge is 2.23. The van der Waals surface area contributed by atoms with Gasteiger partial charge in [0.15, 0.2) is 6.29 Å². The SMILES string of the molecule is CCOC(OCC)C1CCCNC1. The molecule has 0 aliphatic carbocycles. The van der Waals surface area contributed by atoms with E-state index in [-0.39, 0.29) is 6.29 Å². The van der Waals surface area contributed by atoms with Crippen molar-refractivity contribution in [3.63, 3.8) is 0 Å². The van der Waals surface area contributed by atoms with Crippen molar-refractivity contribution in [3.8, 4) is 0 Å². The van der Waals surface area contributed by atoms with Gasteiger partial charge >= 0.3 is 0 Å². The Morgan fingerprint density at radius 2 is 2.00 bits per heavy atom. The average Bonchev–Trinajstić information content (AvgIpc) is 2.19. The van der Waals surface area contributed by atoms with Gasteiger partial charge in [-0.2, -0.15) is 0 Å². The van der Waals surface area contributed by atoms with Gasteiger partial charge in [0.05, 0.1) is 0 Å². The van der Waals surface area contributed by atoms with Gasteiger partial charge in [0.2, 0.25) is 0 Å². The van der Waals surface area contributed by atoms with Gasteiger partial charge in [-0.1, -0.05) is 0 Å². The van der Waals surface area contributed by atoms with Gasteiger partial charge in [-0.05, 0) is 33.2 Å². The number of nitrogens with one attached hydrogen (secondary N) is 1. The maximum absolute atomic E-state index is 5.56. The first-order chi connectivity index (χ1) is 6.38. The van der Waals surface area contributed by atoms with Gasteiger partial charge in [-0.15, -0.1) is 0 Å². The molecule has 3 heteroatoms. The maximum Gasteiger partial charge on any atom is 0.161 e. The zero-order valence-corrected chi connectivity index (χ0v) is 8.71. The van der Waals surface area contributed by atoms with Crippen molar-refractivity contribution in [2.75, 3.05) is 26.3 Å². The Labute approximate surface area is 80.8 Å². The van der Waals surface area contributed by atoms with E-state index >= 15 is 0 Å². The van der Waals surface area contributed by atoms with Crippen LogP contribution in [-0.2, 0) is 9.47 Å². The Balaban J connectivity index is 2.32. The molecule has 1 rings (SSSR count). The van der Waals surface area contributed by atoms with Crippen LogP contribution in [0.15, 0.2) is 0 Å². The Bertz CT molecular complexity index is 118. The van der Waals surface area contributed by atoms with Gasteiger partial charge in [-0.3, -0.25) is 0 Å². The third kappa shape index (κ3) is 3.63. The van der Waals surface area contributed by atoms with Gasteiger partial charge in [0.1, 0.15) is 0 Å². The van der Waals surface area contributed by atoms with Crippen molar-refractivity contribution in [1.29, 1.82) is 0 Å². The van der Waals surface area contributed by atoms with Crippen LogP contribution in [-0.4, -0.2) is 32.6 Å². The Hall–Kier alpha value is -0.120. The third-order valence-electron chi connectivity index (χ3n) is 2.38. The van der Waals surface area contributed by atoms with E-state index in [1.807, 2.05) is 13.8 Å². The van der Waals surface area contributed by atoms with Crippen LogP contribution in [0, 0.1) is 5.92 Å². The fourth-order valence-electron chi connectivity index (χ4n) is 1.76. The molecule has 0 spiro atoms. The van der Waals surface area contributed by atoms with Gasteiger partial charge in [-0.25, -0.2) is 0 Å². The fourth-order valence-corrected chi connectivity index (χ4v) is 1.76. The van der Waals surface area contributed by atoms with E-state index < -0.39 is 0 Å². The van der Waals surface area contributed by atoms with Crippen LogP contribution in [0.1, 0.15) is 26.7 Å². The highest BCUT2D eigenvalue weighted by Crippen LogP contribution is 2.17. The van der Waals surface area contributed by atoms with Crippen LogP contribution in [0.25, 0.3) is 0 Å². The summed E-state index contributed by atoms with van der Waals surface area (Å²) in [5, 5.41) is 3.37. The van der Waals surface area contributed by atoms with E-state index in [1.165, 1.54) is 12.8 Å². The zero-order valence-electron chi connectivity index (χ0n) is 8.71. The molecule has 78 valence electrons. The topological polar surface area (TPSA) is 30.5 Å². The lowest BCUT2D eigenvalue weighted by molar-refractivity contribution is -0.169. The smallest absolute Gasteiger partial charge is 0.161 e. The van der Waals surface area contributed by atoms with Crippen LogP contribution in [0.3, 0.4) is 0 Å². The molecule has 0 radical (unpaired) electrons. The molecule has 1 N–H and O–H groups in total. The minimum atomic E-state index is 0.00259. The predicted molar refractivity (Wildman–Crippen MR) is 52.6 cm³/mol. The predicted octanol–water partition coefficient (Wildman–Crippen LogP) is 1.39. The Morgan fingerprint density at radius 3 is 2.46 bits per heavy atom. The lowest BCUT2D eigenvalue weighted by atomic mass is 9.99. The summed E-state index contributed by atoms with van der Waals surface area (Å²) < 4.78 is 11.1. The number of rotatable bonds is 5. The second kappa shape index (κ2) is 6.35. The molecule has 0 amide bonds. The average molecular weight is 187 g/mol. The number of ether oxygens (including phenoxy) is 2. The molecule has 1 saturated heterocycles. The van der Waals surface area contributed by atoms with Gasteiger partial charge in [0.25, 0.3) is 0 Å². The molecule has 1 atom stereocenters. The summed E-state index contributed by atoms with van der Waals surface area (Å²) in [6.07, 6.45) is 2.46. The molecule has 1 aliphatic heterocycles. The summed E-state index contributed by atoms with van der Waals surface area (Å²) in [4.78, 5) is 0. The summed E-state index contributed by atoms with van der Waals surface area (Å²) in [6.45, 7) is 7.68. The standard InChI is InChI=1S/C10H21NO2/c1-3-12-10(13-4-2)9-6-5-7-11-8-9/h9-11H,3-8H2,1-2H3. The molecule has 0 bridgehead atoms. The monoisotopic (exact) mass is 187 g/mol. The minimum Gasteiger partial charge on any atom is -0.353 e. The first-order valence-electron chi connectivity index (χ1n) is 5.32. The Morgan fingerprint density at radius 1 is 1.31 bits per heavy atom. The largest absolute Gasteiger partial charge is 0.353 e. The summed E-state index contributed by atoms with van der Waals surface area (Å²) in [6, 6.07) is 0. The summed E-state index contributed by atoms with van der Waals surface area (Å²) in [7, 11) is 0. The molecule has 0 saturated carbocycles. The van der Waals surface area contributed by atoms with Crippen molar-refractivity contribution in [1.82, 2.24) is 5.32 Å². The van der Waals surface area contributed by atoms with Crippen molar-refractivity contribution in [3.05, 3.63) is 0 Å². The van der Waals surface area contributed by atoms with Crippen LogP contribution >= 0.6 is 0 Å². The van der Waals surface area contributed by atoms with Gasteiger partial charge < -0.3 is 14.8 Å². The van der Waals surface area contributed by atoms with Crippen molar-refractivity contribution in [2.45, 2.75) is 33.0 Å². The molecular weight excluding hydrogens is 166 g/mol. The van der Waals surface area contributed by atoms with Crippen LogP contribution in [0.4, 0.5) is 0 Å². The van der Waals surface area contributed by atoms with E-state index in [1.54, 1.807) is 0 Å². The first kappa shape index (κ1) is 11.0. The summed E-state index contributed by atoms with van der Waals surface area (Å²) in [5.74, 6) is 0.536. The summed E-state index contributed by atoms with van der Waals surface area (Å²) in [5.41, 5.74) is 0. The van der Waals surface area contributed by atoms with Gasteiger partial charge in [0, 0.05) is 25.7 Å². The summed E-state index contributed by atoms with van der Waals surface area (Å²) >= 11 is 0. The van der Waals surface area contributed by atoms with E-state index in [0.29, 0.717) is 5.92 Å². The van der Waals surface area contributed by atoms with E-state index in [9.17, 15) is 0 Å². The molecule has 1 fully saturated rings. The quantitative estimate of drug-likeness (QED) is 0.660. The van der Waals surface area contributed by atoms with Crippen molar-refractivity contribution in [2.24, 2.45) is 5.92 Å². The number of hydrogen-bond donors (Lipinski definition) is 1. The lowest BCUT2D eigenvalue weighted by Gasteiger charge is -2.30. The number of hydrogen-bond acceptors (Lipinski definition) is 3. The molecule has 1 heterocycles. The van der Waals surface area contributed by atoms with Crippen LogP contribution in [0.5, 0.6) is 0 Å². The highest BCUT2D eigenvalue weighted by molar-refractivity contribution is 4.71. The Kier molecular flexibility index (Phi) is 5.35. The van der Waals surface area contributed by atoms with Crippen molar-refractivity contribution < 1.29 is 9.47 Å². The zero-order chi connectivity index (χ0) is 9.52. The molecule has 1 aliphatic rings. The van der Waals surface area contributed by atoms with E-state index in [2.05, 4.69) is 5.32 Å². The minimum absolute atomic E-state index is 0.00259. The normalized spacial score (nSPS) is 23.8. The maximum atomic E-state index is 5.56. The molecular formula is C10H21NO2. The number of piperidine rings is 1.